The van der Waals surface area contributed by atoms with Crippen molar-refractivity contribution in [2.45, 2.75) is 187 Å². The average molecular weight is 495 g/mol. The monoisotopic (exact) mass is 494 g/mol. The van der Waals surface area contributed by atoms with Crippen LogP contribution in [-0.2, 0) is 4.79 Å². The van der Waals surface area contributed by atoms with Gasteiger partial charge in [0.1, 0.15) is 5.76 Å². The molecule has 0 amide bonds. The Kier molecular flexibility index (Phi) is 26.8. The highest BCUT2D eigenvalue weighted by Crippen LogP contribution is 2.20. The van der Waals surface area contributed by atoms with E-state index in [1.807, 2.05) is 0 Å². The molecular formula is C32H62O3. The number of carbonyl (C=O) groups is 1. The lowest BCUT2D eigenvalue weighted by Crippen LogP contribution is -2.05. The summed E-state index contributed by atoms with van der Waals surface area (Å²) in [6.45, 7) is 4.53. The molecular weight excluding hydrogens is 432 g/mol. The molecule has 0 rings (SSSR count). The molecule has 0 unspecified atom stereocenters. The summed E-state index contributed by atoms with van der Waals surface area (Å²) in [7, 11) is 0. The Morgan fingerprint density at radius 3 is 0.943 bits per heavy atom. The molecule has 0 atom stereocenters. The van der Waals surface area contributed by atoms with E-state index in [2.05, 4.69) is 13.8 Å². The minimum absolute atomic E-state index is 0.128. The molecule has 0 spiro atoms. The van der Waals surface area contributed by atoms with Crippen molar-refractivity contribution in [3.05, 3.63) is 11.3 Å². The zero-order valence-electron chi connectivity index (χ0n) is 23.9. The van der Waals surface area contributed by atoms with Crippen LogP contribution >= 0.6 is 0 Å². The van der Waals surface area contributed by atoms with Gasteiger partial charge in [-0.3, -0.25) is 0 Å². The Labute approximate surface area is 219 Å². The molecule has 0 aromatic heterocycles. The number of allylic oxidation sites excluding steroid dienone is 1. The molecule has 0 aliphatic rings. The number of aliphatic hydroxyl groups is 1. The van der Waals surface area contributed by atoms with Gasteiger partial charge >= 0.3 is 5.97 Å². The second-order valence-electron chi connectivity index (χ2n) is 10.9. The predicted octanol–water partition coefficient (Wildman–Crippen LogP) is 11.5. The highest BCUT2D eigenvalue weighted by atomic mass is 16.4. The Balaban J connectivity index is 3.67. The molecule has 0 heterocycles. The fourth-order valence-electron chi connectivity index (χ4n) is 4.98. The zero-order chi connectivity index (χ0) is 25.8. The third kappa shape index (κ3) is 24.5. The molecule has 35 heavy (non-hydrogen) atoms. The molecule has 0 aromatic carbocycles. The number of carboxylic acids is 1. The van der Waals surface area contributed by atoms with Gasteiger partial charge in [-0.25, -0.2) is 4.79 Å². The van der Waals surface area contributed by atoms with Crippen molar-refractivity contribution >= 4 is 5.97 Å². The first-order valence-electron chi connectivity index (χ1n) is 15.8. The maximum Gasteiger partial charge on any atom is 0.334 e. The second-order valence-corrected chi connectivity index (χ2v) is 10.9. The molecule has 0 aliphatic carbocycles. The van der Waals surface area contributed by atoms with E-state index in [0.29, 0.717) is 12.8 Å². The van der Waals surface area contributed by atoms with Crippen molar-refractivity contribution in [3.8, 4) is 0 Å². The number of hydrogen-bond donors (Lipinski definition) is 2. The van der Waals surface area contributed by atoms with Crippen molar-refractivity contribution in [2.24, 2.45) is 0 Å². The van der Waals surface area contributed by atoms with Gasteiger partial charge in [0.25, 0.3) is 0 Å². The summed E-state index contributed by atoms with van der Waals surface area (Å²) in [5.74, 6) is -0.802. The first-order chi connectivity index (χ1) is 17.1. The highest BCUT2D eigenvalue weighted by molar-refractivity contribution is 5.87. The number of rotatable bonds is 28. The molecule has 0 bridgehead atoms. The lowest BCUT2D eigenvalue weighted by Gasteiger charge is -2.08. The normalized spacial score (nSPS) is 12.2. The van der Waals surface area contributed by atoms with Crippen LogP contribution in [0.15, 0.2) is 11.3 Å². The minimum Gasteiger partial charge on any atom is -0.512 e. The van der Waals surface area contributed by atoms with Crippen molar-refractivity contribution in [1.82, 2.24) is 0 Å². The van der Waals surface area contributed by atoms with E-state index in [1.165, 1.54) is 135 Å². The fraction of sp³-hybridized carbons (Fsp3) is 0.906. The minimum atomic E-state index is -0.930. The maximum absolute atomic E-state index is 11.6. The van der Waals surface area contributed by atoms with E-state index in [1.54, 1.807) is 0 Å². The Morgan fingerprint density at radius 1 is 0.400 bits per heavy atom. The van der Waals surface area contributed by atoms with Gasteiger partial charge in [0.2, 0.25) is 0 Å². The molecule has 0 aliphatic heterocycles. The Hall–Kier alpha value is -0.990. The summed E-state index contributed by atoms with van der Waals surface area (Å²) in [5, 5.41) is 19.8. The van der Waals surface area contributed by atoms with E-state index >= 15 is 0 Å². The van der Waals surface area contributed by atoms with Gasteiger partial charge in [0.05, 0.1) is 5.57 Å². The van der Waals surface area contributed by atoms with Crippen LogP contribution in [0.25, 0.3) is 0 Å². The number of unbranched alkanes of at least 4 members (excludes halogenated alkanes) is 23. The number of aliphatic carboxylic acids is 1. The molecule has 0 radical (unpaired) electrons. The van der Waals surface area contributed by atoms with Gasteiger partial charge in [-0.05, 0) is 19.3 Å². The first-order valence-corrected chi connectivity index (χ1v) is 15.8. The number of hydrogen-bond acceptors (Lipinski definition) is 2. The smallest absolute Gasteiger partial charge is 0.334 e. The molecule has 3 heteroatoms. The topological polar surface area (TPSA) is 57.5 Å². The lowest BCUT2D eigenvalue weighted by molar-refractivity contribution is -0.133. The highest BCUT2D eigenvalue weighted by Gasteiger charge is 2.13. The summed E-state index contributed by atoms with van der Waals surface area (Å²) in [5.41, 5.74) is 0.260. The molecule has 208 valence electrons. The van der Waals surface area contributed by atoms with Crippen LogP contribution in [0.4, 0.5) is 0 Å². The van der Waals surface area contributed by atoms with E-state index in [-0.39, 0.29) is 11.3 Å². The third-order valence-electron chi connectivity index (χ3n) is 7.40. The van der Waals surface area contributed by atoms with Crippen LogP contribution in [-0.4, -0.2) is 16.2 Å². The van der Waals surface area contributed by atoms with Crippen LogP contribution in [0, 0.1) is 0 Å². The molecule has 3 nitrogen and oxygen atoms in total. The Bertz CT molecular complexity index is 483. The van der Waals surface area contributed by atoms with E-state index < -0.39 is 5.97 Å². The third-order valence-corrected chi connectivity index (χ3v) is 7.40. The summed E-state index contributed by atoms with van der Waals surface area (Å²) in [6.07, 6.45) is 33.1. The number of carboxylic acid groups (broad SMARTS) is 1. The molecule has 0 saturated carbocycles. The predicted molar refractivity (Wildman–Crippen MR) is 153 cm³/mol. The van der Waals surface area contributed by atoms with Gasteiger partial charge in [-0.15, -0.1) is 0 Å². The SMILES string of the molecule is CCCCCCCCCCCCCCC/C(O)=C(/CCCCCCCCCCCCCC)C(=O)O. The van der Waals surface area contributed by atoms with Gasteiger partial charge in [0, 0.05) is 6.42 Å². The van der Waals surface area contributed by atoms with Crippen molar-refractivity contribution < 1.29 is 15.0 Å². The van der Waals surface area contributed by atoms with E-state index in [9.17, 15) is 15.0 Å². The van der Waals surface area contributed by atoms with Crippen molar-refractivity contribution in [2.75, 3.05) is 0 Å². The molecule has 0 fully saturated rings. The standard InChI is InChI=1S/C32H62O3/c1-3-5-7-9-11-13-15-17-19-21-23-25-27-29-31(33)30(32(34)35)28-26-24-22-20-18-16-14-12-10-8-6-4-2/h33H,3-29H2,1-2H3,(H,34,35)/b31-30+. The molecule has 0 aromatic rings. The summed E-state index contributed by atoms with van der Waals surface area (Å²) >= 11 is 0. The maximum atomic E-state index is 11.6. The van der Waals surface area contributed by atoms with Crippen LogP contribution in [0.2, 0.25) is 0 Å². The second kappa shape index (κ2) is 27.6. The average Bonchev–Trinajstić information content (AvgIpc) is 2.84. The fourth-order valence-corrected chi connectivity index (χ4v) is 4.98. The van der Waals surface area contributed by atoms with Crippen LogP contribution in [0.1, 0.15) is 187 Å². The lowest BCUT2D eigenvalue weighted by atomic mass is 10.0. The quantitative estimate of drug-likeness (QED) is 0.0645. The first kappa shape index (κ1) is 34.0. The van der Waals surface area contributed by atoms with Gasteiger partial charge in [-0.1, -0.05) is 162 Å². The molecule has 0 saturated heterocycles. The Morgan fingerprint density at radius 2 is 0.657 bits per heavy atom. The number of aliphatic hydroxyl groups excluding tert-OH is 1. The van der Waals surface area contributed by atoms with Crippen LogP contribution < -0.4 is 0 Å². The zero-order valence-corrected chi connectivity index (χ0v) is 23.9. The van der Waals surface area contributed by atoms with E-state index in [0.717, 1.165) is 25.7 Å². The van der Waals surface area contributed by atoms with Crippen molar-refractivity contribution in [1.29, 1.82) is 0 Å². The van der Waals surface area contributed by atoms with Gasteiger partial charge in [0.15, 0.2) is 0 Å². The van der Waals surface area contributed by atoms with Crippen LogP contribution in [0.3, 0.4) is 0 Å². The van der Waals surface area contributed by atoms with Gasteiger partial charge < -0.3 is 10.2 Å². The van der Waals surface area contributed by atoms with Crippen LogP contribution in [0.5, 0.6) is 0 Å². The summed E-state index contributed by atoms with van der Waals surface area (Å²) in [4.78, 5) is 11.6. The summed E-state index contributed by atoms with van der Waals surface area (Å²) < 4.78 is 0. The molecule has 2 N–H and O–H groups in total. The summed E-state index contributed by atoms with van der Waals surface area (Å²) in [6, 6.07) is 0. The van der Waals surface area contributed by atoms with E-state index in [4.69, 9.17) is 0 Å². The largest absolute Gasteiger partial charge is 0.512 e. The van der Waals surface area contributed by atoms with Gasteiger partial charge in [-0.2, -0.15) is 0 Å². The van der Waals surface area contributed by atoms with Crippen molar-refractivity contribution in [3.63, 3.8) is 0 Å².